The van der Waals surface area contributed by atoms with Crippen LogP contribution in [0.5, 0.6) is 0 Å². The van der Waals surface area contributed by atoms with E-state index in [9.17, 15) is 0 Å². The average molecular weight is 163 g/mol. The first-order chi connectivity index (χ1) is 4.70. The molecule has 3 nitrogen and oxygen atoms in total. The Morgan fingerprint density at radius 3 is 2.00 bits per heavy atom. The summed E-state index contributed by atoms with van der Waals surface area (Å²) in [5.41, 5.74) is 0. The molecule has 0 aliphatic heterocycles. The largest absolute Gasteiger partial charge is 0.577 e. The maximum atomic E-state index is 5.26. The zero-order valence-corrected chi connectivity index (χ0v) is 8.01. The van der Waals surface area contributed by atoms with Crippen molar-refractivity contribution in [3.05, 3.63) is 0 Å². The molecule has 0 aliphatic carbocycles. The van der Waals surface area contributed by atoms with Crippen molar-refractivity contribution in [3.8, 4) is 0 Å². The van der Waals surface area contributed by atoms with E-state index in [1.54, 1.807) is 14.2 Å². The second-order valence-corrected chi connectivity index (χ2v) is 3.97. The third kappa shape index (κ3) is 4.93. The van der Waals surface area contributed by atoms with Crippen molar-refractivity contribution in [2.24, 2.45) is 5.92 Å². The van der Waals surface area contributed by atoms with Crippen LogP contribution in [0, 0.1) is 5.92 Å². The molecule has 0 aromatic carbocycles. The first-order valence-electron chi connectivity index (χ1n) is 3.28. The zero-order valence-electron chi connectivity index (χ0n) is 7.01. The van der Waals surface area contributed by atoms with Gasteiger partial charge >= 0.3 is 9.53 Å². The fourth-order valence-electron chi connectivity index (χ4n) is 0.436. The average Bonchev–Trinajstić information content (AvgIpc) is 1.90. The van der Waals surface area contributed by atoms with Crippen LogP contribution in [0.1, 0.15) is 13.8 Å². The van der Waals surface area contributed by atoms with Crippen molar-refractivity contribution < 1.29 is 13.3 Å². The van der Waals surface area contributed by atoms with E-state index in [2.05, 4.69) is 13.8 Å². The Hall–Kier alpha value is 0.0969. The van der Waals surface area contributed by atoms with Gasteiger partial charge < -0.3 is 13.3 Å². The molecule has 61 valence electrons. The van der Waals surface area contributed by atoms with Gasteiger partial charge in [-0.1, -0.05) is 13.8 Å². The van der Waals surface area contributed by atoms with Crippen molar-refractivity contribution in [2.45, 2.75) is 13.8 Å². The van der Waals surface area contributed by atoms with Gasteiger partial charge in [0.1, 0.15) is 0 Å². The van der Waals surface area contributed by atoms with Crippen molar-refractivity contribution in [2.75, 3.05) is 20.8 Å². The molecule has 0 N–H and O–H groups in total. The Balaban J connectivity index is 3.26. The van der Waals surface area contributed by atoms with Crippen LogP contribution in [-0.4, -0.2) is 30.4 Å². The monoisotopic (exact) mass is 163 g/mol. The molecule has 0 atom stereocenters. The number of rotatable bonds is 5. The number of hydrogen-bond donors (Lipinski definition) is 0. The van der Waals surface area contributed by atoms with Crippen LogP contribution in [0.3, 0.4) is 0 Å². The minimum absolute atomic E-state index is 0.533. The van der Waals surface area contributed by atoms with E-state index < -0.39 is 9.53 Å². The summed E-state index contributed by atoms with van der Waals surface area (Å²) in [7, 11) is 1.77. The molecule has 0 fully saturated rings. The van der Waals surface area contributed by atoms with Crippen LogP contribution in [0.2, 0.25) is 0 Å². The fourth-order valence-corrected chi connectivity index (χ4v) is 1.31. The van der Waals surface area contributed by atoms with Gasteiger partial charge in [-0.25, -0.2) is 0 Å². The quantitative estimate of drug-likeness (QED) is 0.564. The highest BCUT2D eigenvalue weighted by atomic mass is 28.3. The van der Waals surface area contributed by atoms with Gasteiger partial charge in [-0.05, 0) is 5.92 Å². The third-order valence-corrected chi connectivity index (χ3v) is 1.94. The molecule has 0 aromatic heterocycles. The van der Waals surface area contributed by atoms with Gasteiger partial charge in [0.25, 0.3) is 0 Å². The summed E-state index contributed by atoms with van der Waals surface area (Å²) in [6.45, 7) is 4.88. The van der Waals surface area contributed by atoms with E-state index >= 15 is 0 Å². The summed E-state index contributed by atoms with van der Waals surface area (Å²) in [5.74, 6) is 0.533. The summed E-state index contributed by atoms with van der Waals surface area (Å²) in [6.07, 6.45) is 0. The fraction of sp³-hybridized carbons (Fsp3) is 1.00. The topological polar surface area (TPSA) is 27.7 Å². The first-order valence-corrected chi connectivity index (χ1v) is 4.51. The van der Waals surface area contributed by atoms with E-state index in [1.165, 1.54) is 0 Å². The van der Waals surface area contributed by atoms with Gasteiger partial charge in [-0.2, -0.15) is 0 Å². The molecule has 0 bridgehead atoms. The zero-order chi connectivity index (χ0) is 7.98. The molecular weight excluding hydrogens is 148 g/mol. The Morgan fingerprint density at radius 1 is 1.20 bits per heavy atom. The number of hydrogen-bond acceptors (Lipinski definition) is 3. The van der Waals surface area contributed by atoms with Crippen molar-refractivity contribution >= 4 is 9.53 Å². The van der Waals surface area contributed by atoms with E-state index in [0.29, 0.717) is 12.5 Å². The highest BCUT2D eigenvalue weighted by molar-refractivity contribution is 6.36. The smallest absolute Gasteiger partial charge is 0.375 e. The molecular formula is C6H15O3Si. The molecule has 0 amide bonds. The summed E-state index contributed by atoms with van der Waals surface area (Å²) in [4.78, 5) is 0. The second-order valence-electron chi connectivity index (χ2n) is 2.36. The SMILES string of the molecule is CO[Si](OC)OCC(C)C. The minimum Gasteiger partial charge on any atom is -0.375 e. The van der Waals surface area contributed by atoms with Crippen LogP contribution in [-0.2, 0) is 13.3 Å². The normalized spacial score (nSPS) is 11.4. The predicted octanol–water partition coefficient (Wildman–Crippen LogP) is 0.937. The lowest BCUT2D eigenvalue weighted by Crippen LogP contribution is -2.25. The van der Waals surface area contributed by atoms with Crippen LogP contribution >= 0.6 is 0 Å². The maximum absolute atomic E-state index is 5.26. The van der Waals surface area contributed by atoms with E-state index in [1.807, 2.05) is 0 Å². The predicted molar refractivity (Wildman–Crippen MR) is 40.6 cm³/mol. The highest BCUT2D eigenvalue weighted by Gasteiger charge is 2.14. The van der Waals surface area contributed by atoms with Crippen molar-refractivity contribution in [1.82, 2.24) is 0 Å². The molecule has 0 rings (SSSR count). The van der Waals surface area contributed by atoms with Gasteiger partial charge in [0, 0.05) is 20.8 Å². The maximum Gasteiger partial charge on any atom is 0.577 e. The lowest BCUT2D eigenvalue weighted by atomic mass is 10.2. The molecule has 0 spiro atoms. The van der Waals surface area contributed by atoms with Crippen LogP contribution in [0.15, 0.2) is 0 Å². The Labute approximate surface area is 64.3 Å². The molecule has 0 aromatic rings. The summed E-state index contributed by atoms with van der Waals surface area (Å²) >= 11 is 0. The van der Waals surface area contributed by atoms with Gasteiger partial charge in [0.2, 0.25) is 0 Å². The summed E-state index contributed by atoms with van der Waals surface area (Å²) in [6, 6.07) is 0. The standard InChI is InChI=1S/C6H15O3Si/c1-6(2)5-9-10(7-3)8-4/h6H,5H2,1-4H3. The van der Waals surface area contributed by atoms with E-state index in [4.69, 9.17) is 13.3 Å². The van der Waals surface area contributed by atoms with Crippen molar-refractivity contribution in [1.29, 1.82) is 0 Å². The minimum atomic E-state index is -1.42. The Morgan fingerprint density at radius 2 is 1.70 bits per heavy atom. The van der Waals surface area contributed by atoms with Crippen LogP contribution < -0.4 is 0 Å². The highest BCUT2D eigenvalue weighted by Crippen LogP contribution is 1.95. The molecule has 0 heterocycles. The first kappa shape index (κ1) is 10.1. The summed E-state index contributed by atoms with van der Waals surface area (Å²) < 4.78 is 15.1. The Bertz CT molecular complexity index is 73.4. The third-order valence-electron chi connectivity index (χ3n) is 0.868. The molecule has 10 heavy (non-hydrogen) atoms. The van der Waals surface area contributed by atoms with Gasteiger partial charge in [0.05, 0.1) is 0 Å². The lowest BCUT2D eigenvalue weighted by Gasteiger charge is -2.10. The van der Waals surface area contributed by atoms with Crippen molar-refractivity contribution in [3.63, 3.8) is 0 Å². The molecule has 0 unspecified atom stereocenters. The lowest BCUT2D eigenvalue weighted by molar-refractivity contribution is 0.122. The second kappa shape index (κ2) is 5.85. The molecule has 4 heteroatoms. The summed E-state index contributed by atoms with van der Waals surface area (Å²) in [5, 5.41) is 0. The molecule has 0 saturated carbocycles. The van der Waals surface area contributed by atoms with Gasteiger partial charge in [-0.15, -0.1) is 0 Å². The molecule has 1 radical (unpaired) electrons. The van der Waals surface area contributed by atoms with Gasteiger partial charge in [0.15, 0.2) is 0 Å². The Kier molecular flexibility index (Phi) is 5.91. The van der Waals surface area contributed by atoms with Gasteiger partial charge in [-0.3, -0.25) is 0 Å². The van der Waals surface area contributed by atoms with E-state index in [0.717, 1.165) is 0 Å². The van der Waals surface area contributed by atoms with E-state index in [-0.39, 0.29) is 0 Å². The van der Waals surface area contributed by atoms with Crippen LogP contribution in [0.25, 0.3) is 0 Å². The molecule has 0 aliphatic rings. The molecule has 0 saturated heterocycles. The van der Waals surface area contributed by atoms with Crippen LogP contribution in [0.4, 0.5) is 0 Å².